The molecule has 2 aliphatic heterocycles. The van der Waals surface area contributed by atoms with Crippen molar-refractivity contribution in [3.63, 3.8) is 0 Å². The maximum absolute atomic E-state index is 12.2. The molecule has 2 fully saturated rings. The van der Waals surface area contributed by atoms with E-state index in [1.807, 2.05) is 29.2 Å². The molecule has 24 heavy (non-hydrogen) atoms. The van der Waals surface area contributed by atoms with E-state index in [2.05, 4.69) is 10.2 Å². The van der Waals surface area contributed by atoms with Crippen LogP contribution in [0.15, 0.2) is 24.3 Å². The van der Waals surface area contributed by atoms with E-state index in [1.165, 1.54) is 0 Å². The Kier molecular flexibility index (Phi) is 7.15. The molecular formula is C17H26ClN3O3. The third-order valence-corrected chi connectivity index (χ3v) is 4.53. The Morgan fingerprint density at radius 3 is 2.54 bits per heavy atom. The summed E-state index contributed by atoms with van der Waals surface area (Å²) in [7, 11) is 1.65. The fourth-order valence-corrected chi connectivity index (χ4v) is 2.90. The standard InChI is InChI=1S/C17H25N3O3.ClH/c1-22-15-3-2-4-16(11-15)23-10-9-19-5-7-20(8-6-19)17(21)14-12-18-13-14;/h2-4,11,14,18H,5-10,12-13H2,1H3;1H. The minimum absolute atomic E-state index is 0. The molecule has 2 aliphatic rings. The van der Waals surface area contributed by atoms with E-state index in [9.17, 15) is 4.79 Å². The van der Waals surface area contributed by atoms with Crippen molar-refractivity contribution in [1.29, 1.82) is 0 Å². The van der Waals surface area contributed by atoms with Gasteiger partial charge in [0.1, 0.15) is 18.1 Å². The van der Waals surface area contributed by atoms with Gasteiger partial charge in [0.25, 0.3) is 0 Å². The monoisotopic (exact) mass is 355 g/mol. The van der Waals surface area contributed by atoms with Gasteiger partial charge in [0.15, 0.2) is 0 Å². The Morgan fingerprint density at radius 1 is 1.21 bits per heavy atom. The lowest BCUT2D eigenvalue weighted by Crippen LogP contribution is -2.56. The second-order valence-corrected chi connectivity index (χ2v) is 6.05. The van der Waals surface area contributed by atoms with Gasteiger partial charge in [-0.1, -0.05) is 6.07 Å². The number of methoxy groups -OCH3 is 1. The Balaban J connectivity index is 0.00000208. The number of hydrogen-bond donors (Lipinski definition) is 1. The predicted octanol–water partition coefficient (Wildman–Crippen LogP) is 0.859. The predicted molar refractivity (Wildman–Crippen MR) is 95.1 cm³/mol. The number of hydrogen-bond acceptors (Lipinski definition) is 5. The van der Waals surface area contributed by atoms with Gasteiger partial charge in [-0.25, -0.2) is 0 Å². The maximum Gasteiger partial charge on any atom is 0.228 e. The van der Waals surface area contributed by atoms with Gasteiger partial charge in [0.05, 0.1) is 13.0 Å². The summed E-state index contributed by atoms with van der Waals surface area (Å²) in [6, 6.07) is 7.66. The third kappa shape index (κ3) is 4.75. The van der Waals surface area contributed by atoms with Crippen molar-refractivity contribution < 1.29 is 14.3 Å². The summed E-state index contributed by atoms with van der Waals surface area (Å²) >= 11 is 0. The molecule has 0 aromatic heterocycles. The van der Waals surface area contributed by atoms with Crippen LogP contribution in [0.5, 0.6) is 11.5 Å². The van der Waals surface area contributed by atoms with E-state index < -0.39 is 0 Å². The molecule has 0 aliphatic carbocycles. The lowest BCUT2D eigenvalue weighted by Gasteiger charge is -2.38. The first-order valence-corrected chi connectivity index (χ1v) is 8.25. The van der Waals surface area contributed by atoms with Crippen molar-refractivity contribution in [1.82, 2.24) is 15.1 Å². The van der Waals surface area contributed by atoms with Gasteiger partial charge in [-0.3, -0.25) is 9.69 Å². The highest BCUT2D eigenvalue weighted by Gasteiger charge is 2.30. The van der Waals surface area contributed by atoms with Crippen LogP contribution in [-0.2, 0) is 4.79 Å². The van der Waals surface area contributed by atoms with Gasteiger partial charge in [0.2, 0.25) is 5.91 Å². The number of carbonyl (C=O) groups excluding carboxylic acids is 1. The zero-order chi connectivity index (χ0) is 16.1. The summed E-state index contributed by atoms with van der Waals surface area (Å²) in [5.74, 6) is 2.16. The van der Waals surface area contributed by atoms with Crippen LogP contribution in [-0.4, -0.2) is 75.2 Å². The molecule has 0 saturated carbocycles. The van der Waals surface area contributed by atoms with E-state index in [1.54, 1.807) is 7.11 Å². The van der Waals surface area contributed by atoms with Gasteiger partial charge in [-0.2, -0.15) is 0 Å². The first-order valence-electron chi connectivity index (χ1n) is 8.25. The molecule has 2 saturated heterocycles. The number of benzene rings is 1. The average Bonchev–Trinajstić information content (AvgIpc) is 2.54. The molecule has 0 spiro atoms. The summed E-state index contributed by atoms with van der Waals surface area (Å²) in [6.45, 7) is 6.71. The highest BCUT2D eigenvalue weighted by molar-refractivity contribution is 5.85. The van der Waals surface area contributed by atoms with E-state index in [0.717, 1.165) is 57.3 Å². The van der Waals surface area contributed by atoms with Crippen LogP contribution < -0.4 is 14.8 Å². The van der Waals surface area contributed by atoms with Crippen molar-refractivity contribution in [2.45, 2.75) is 0 Å². The maximum atomic E-state index is 12.2. The number of halogens is 1. The molecule has 1 N–H and O–H groups in total. The SMILES string of the molecule is COc1cccc(OCCN2CCN(C(=O)C3CNC3)CC2)c1.Cl. The molecule has 0 bridgehead atoms. The highest BCUT2D eigenvalue weighted by Crippen LogP contribution is 2.18. The molecule has 0 unspecified atom stereocenters. The summed E-state index contributed by atoms with van der Waals surface area (Å²) in [5.41, 5.74) is 0. The summed E-state index contributed by atoms with van der Waals surface area (Å²) in [4.78, 5) is 16.5. The van der Waals surface area contributed by atoms with Crippen molar-refractivity contribution in [2.24, 2.45) is 5.92 Å². The van der Waals surface area contributed by atoms with Gasteiger partial charge in [-0.15, -0.1) is 12.4 Å². The number of ether oxygens (including phenoxy) is 2. The molecule has 134 valence electrons. The summed E-state index contributed by atoms with van der Waals surface area (Å²) in [6.07, 6.45) is 0. The number of nitrogens with one attached hydrogen (secondary N) is 1. The molecule has 1 aromatic carbocycles. The molecule has 0 atom stereocenters. The topological polar surface area (TPSA) is 54.0 Å². The zero-order valence-electron chi connectivity index (χ0n) is 14.1. The molecule has 1 amide bonds. The Hall–Kier alpha value is -1.50. The fraction of sp³-hybridized carbons (Fsp3) is 0.588. The first kappa shape index (κ1) is 18.8. The van der Waals surface area contributed by atoms with Gasteiger partial charge in [-0.05, 0) is 12.1 Å². The van der Waals surface area contributed by atoms with Crippen LogP contribution in [0.25, 0.3) is 0 Å². The van der Waals surface area contributed by atoms with Crippen molar-refractivity contribution in [3.8, 4) is 11.5 Å². The van der Waals surface area contributed by atoms with Crippen LogP contribution in [0.1, 0.15) is 0 Å². The van der Waals surface area contributed by atoms with Gasteiger partial charge < -0.3 is 19.7 Å². The number of amides is 1. The summed E-state index contributed by atoms with van der Waals surface area (Å²) in [5, 5.41) is 3.16. The minimum atomic E-state index is 0. The van der Waals surface area contributed by atoms with E-state index in [4.69, 9.17) is 9.47 Å². The van der Waals surface area contributed by atoms with Crippen LogP contribution in [0.2, 0.25) is 0 Å². The van der Waals surface area contributed by atoms with Crippen molar-refractivity contribution >= 4 is 18.3 Å². The van der Waals surface area contributed by atoms with E-state index in [0.29, 0.717) is 12.5 Å². The van der Waals surface area contributed by atoms with Crippen LogP contribution in [0, 0.1) is 5.92 Å². The average molecular weight is 356 g/mol. The largest absolute Gasteiger partial charge is 0.497 e. The molecule has 2 heterocycles. The van der Waals surface area contributed by atoms with Gasteiger partial charge in [0, 0.05) is 51.9 Å². The Morgan fingerprint density at radius 2 is 1.92 bits per heavy atom. The molecule has 6 nitrogen and oxygen atoms in total. The lowest BCUT2D eigenvalue weighted by molar-refractivity contribution is -0.138. The highest BCUT2D eigenvalue weighted by atomic mass is 35.5. The molecule has 7 heteroatoms. The van der Waals surface area contributed by atoms with Crippen LogP contribution >= 0.6 is 12.4 Å². The van der Waals surface area contributed by atoms with Gasteiger partial charge >= 0.3 is 0 Å². The number of carbonyl (C=O) groups is 1. The van der Waals surface area contributed by atoms with E-state index >= 15 is 0 Å². The molecule has 0 radical (unpaired) electrons. The fourth-order valence-electron chi connectivity index (χ4n) is 2.90. The Bertz CT molecular complexity index is 532. The third-order valence-electron chi connectivity index (χ3n) is 4.53. The number of piperazine rings is 1. The second kappa shape index (κ2) is 9.11. The molecule has 3 rings (SSSR count). The second-order valence-electron chi connectivity index (χ2n) is 6.05. The quantitative estimate of drug-likeness (QED) is 0.820. The molecular weight excluding hydrogens is 330 g/mol. The number of rotatable bonds is 6. The lowest BCUT2D eigenvalue weighted by atomic mass is 10.0. The molecule has 1 aromatic rings. The first-order chi connectivity index (χ1) is 11.3. The zero-order valence-corrected chi connectivity index (χ0v) is 14.9. The van der Waals surface area contributed by atoms with Crippen LogP contribution in [0.3, 0.4) is 0 Å². The van der Waals surface area contributed by atoms with E-state index in [-0.39, 0.29) is 18.3 Å². The number of nitrogens with zero attached hydrogens (tertiary/aromatic N) is 2. The van der Waals surface area contributed by atoms with Crippen LogP contribution in [0.4, 0.5) is 0 Å². The smallest absolute Gasteiger partial charge is 0.228 e. The summed E-state index contributed by atoms with van der Waals surface area (Å²) < 4.78 is 11.0. The minimum Gasteiger partial charge on any atom is -0.497 e. The van der Waals surface area contributed by atoms with Crippen molar-refractivity contribution in [3.05, 3.63) is 24.3 Å². The Labute approximate surface area is 149 Å². The van der Waals surface area contributed by atoms with Crippen molar-refractivity contribution in [2.75, 3.05) is 59.5 Å². The normalized spacial score (nSPS) is 18.5.